The van der Waals surface area contributed by atoms with Crippen LogP contribution in [0.2, 0.25) is 0 Å². The summed E-state index contributed by atoms with van der Waals surface area (Å²) in [6.07, 6.45) is 12.1. The van der Waals surface area contributed by atoms with Gasteiger partial charge in [0.15, 0.2) is 6.29 Å². The average molecular weight is 405 g/mol. The Morgan fingerprint density at radius 2 is 1.11 bits per heavy atom. The SMILES string of the molecule is CCCCCCCCCCCCCCCCO[C@@H]1O[C@H](CO)[C@@H](O)[C@H](O)[C@@H]1O. The maximum atomic E-state index is 9.89. The minimum Gasteiger partial charge on any atom is -0.394 e. The minimum atomic E-state index is -1.37. The molecule has 5 atom stereocenters. The summed E-state index contributed by atoms with van der Waals surface area (Å²) in [5.74, 6) is 0. The van der Waals surface area contributed by atoms with Crippen molar-refractivity contribution in [3.63, 3.8) is 0 Å². The fourth-order valence-corrected chi connectivity index (χ4v) is 3.70. The highest BCUT2D eigenvalue weighted by Gasteiger charge is 2.43. The van der Waals surface area contributed by atoms with Crippen LogP contribution in [0.5, 0.6) is 0 Å². The Kier molecular flexibility index (Phi) is 15.2. The van der Waals surface area contributed by atoms with Gasteiger partial charge in [0.25, 0.3) is 0 Å². The van der Waals surface area contributed by atoms with E-state index in [1.54, 1.807) is 0 Å². The van der Waals surface area contributed by atoms with E-state index in [0.717, 1.165) is 12.8 Å². The van der Waals surface area contributed by atoms with Crippen LogP contribution in [0.4, 0.5) is 0 Å². The molecule has 1 rings (SSSR count). The molecule has 6 heteroatoms. The fourth-order valence-electron chi connectivity index (χ4n) is 3.70. The largest absolute Gasteiger partial charge is 0.394 e. The molecule has 1 heterocycles. The van der Waals surface area contributed by atoms with Crippen molar-refractivity contribution in [1.82, 2.24) is 0 Å². The molecule has 1 aliphatic rings. The zero-order chi connectivity index (χ0) is 20.6. The third-order valence-electron chi connectivity index (χ3n) is 5.63. The van der Waals surface area contributed by atoms with Crippen LogP contribution in [-0.2, 0) is 9.47 Å². The molecule has 0 aliphatic carbocycles. The van der Waals surface area contributed by atoms with Crippen LogP contribution in [-0.4, -0.2) is 64.3 Å². The van der Waals surface area contributed by atoms with Crippen LogP contribution in [0, 0.1) is 0 Å². The lowest BCUT2D eigenvalue weighted by Crippen LogP contribution is -2.59. The van der Waals surface area contributed by atoms with E-state index >= 15 is 0 Å². The third kappa shape index (κ3) is 10.5. The summed E-state index contributed by atoms with van der Waals surface area (Å²) in [5.41, 5.74) is 0. The first-order valence-electron chi connectivity index (χ1n) is 11.5. The fraction of sp³-hybridized carbons (Fsp3) is 1.00. The average Bonchev–Trinajstić information content (AvgIpc) is 2.70. The predicted molar refractivity (Wildman–Crippen MR) is 110 cm³/mol. The Labute approximate surface area is 171 Å². The molecule has 0 saturated carbocycles. The first-order chi connectivity index (χ1) is 13.6. The normalized spacial score (nSPS) is 28.0. The van der Waals surface area contributed by atoms with Crippen molar-refractivity contribution in [1.29, 1.82) is 0 Å². The highest BCUT2D eigenvalue weighted by molar-refractivity contribution is 4.88. The number of aliphatic hydroxyl groups is 4. The lowest BCUT2D eigenvalue weighted by atomic mass is 9.99. The van der Waals surface area contributed by atoms with Gasteiger partial charge in [-0.1, -0.05) is 90.4 Å². The first-order valence-corrected chi connectivity index (χ1v) is 11.5. The van der Waals surface area contributed by atoms with Gasteiger partial charge < -0.3 is 29.9 Å². The topological polar surface area (TPSA) is 99.4 Å². The van der Waals surface area contributed by atoms with Crippen molar-refractivity contribution in [2.75, 3.05) is 13.2 Å². The van der Waals surface area contributed by atoms with Crippen LogP contribution in [0.15, 0.2) is 0 Å². The molecule has 0 bridgehead atoms. The molecule has 0 aromatic rings. The zero-order valence-corrected chi connectivity index (χ0v) is 17.8. The van der Waals surface area contributed by atoms with Crippen LogP contribution >= 0.6 is 0 Å². The second-order valence-corrected chi connectivity index (χ2v) is 8.16. The Bertz CT molecular complexity index is 352. The van der Waals surface area contributed by atoms with E-state index in [1.807, 2.05) is 0 Å². The molecule has 0 aromatic heterocycles. The number of unbranched alkanes of at least 4 members (excludes halogenated alkanes) is 13. The second-order valence-electron chi connectivity index (χ2n) is 8.16. The molecule has 6 nitrogen and oxygen atoms in total. The number of hydrogen-bond acceptors (Lipinski definition) is 6. The number of hydrogen-bond donors (Lipinski definition) is 4. The van der Waals surface area contributed by atoms with E-state index in [-0.39, 0.29) is 0 Å². The number of aliphatic hydroxyl groups excluding tert-OH is 4. The standard InChI is InChI=1S/C22H44O6/c1-2-3-4-5-6-7-8-9-10-11-12-13-14-15-16-27-22-21(26)20(25)19(24)18(17-23)28-22/h18-26H,2-17H2,1H3/t18-,19-,20+,21+,22-/m1/s1. The van der Waals surface area contributed by atoms with E-state index in [9.17, 15) is 15.3 Å². The summed E-state index contributed by atoms with van der Waals surface area (Å²) in [6.45, 7) is 2.26. The summed E-state index contributed by atoms with van der Waals surface area (Å²) in [6, 6.07) is 0. The molecular formula is C22H44O6. The number of rotatable bonds is 17. The number of ether oxygens (including phenoxy) is 2. The molecule has 0 spiro atoms. The van der Waals surface area contributed by atoms with E-state index in [0.29, 0.717) is 6.61 Å². The monoisotopic (exact) mass is 404 g/mol. The molecule has 1 fully saturated rings. The van der Waals surface area contributed by atoms with Crippen molar-refractivity contribution >= 4 is 0 Å². The van der Waals surface area contributed by atoms with E-state index in [1.165, 1.54) is 77.0 Å². The van der Waals surface area contributed by atoms with E-state index < -0.39 is 37.3 Å². The molecular weight excluding hydrogens is 360 g/mol. The van der Waals surface area contributed by atoms with Crippen molar-refractivity contribution in [3.05, 3.63) is 0 Å². The Morgan fingerprint density at radius 3 is 1.57 bits per heavy atom. The summed E-state index contributed by atoms with van der Waals surface area (Å²) >= 11 is 0. The Morgan fingerprint density at radius 1 is 0.643 bits per heavy atom. The van der Waals surface area contributed by atoms with Gasteiger partial charge in [-0.15, -0.1) is 0 Å². The van der Waals surface area contributed by atoms with Crippen LogP contribution in [0.3, 0.4) is 0 Å². The van der Waals surface area contributed by atoms with Gasteiger partial charge in [-0.25, -0.2) is 0 Å². The molecule has 1 aliphatic heterocycles. The van der Waals surface area contributed by atoms with Gasteiger partial charge in [-0.2, -0.15) is 0 Å². The smallest absolute Gasteiger partial charge is 0.186 e. The molecule has 0 unspecified atom stereocenters. The molecule has 4 N–H and O–H groups in total. The van der Waals surface area contributed by atoms with Crippen molar-refractivity contribution in [3.8, 4) is 0 Å². The Balaban J connectivity index is 1.90. The minimum absolute atomic E-state index is 0.427. The second kappa shape index (κ2) is 16.5. The first kappa shape index (κ1) is 25.8. The van der Waals surface area contributed by atoms with Gasteiger partial charge in [-0.05, 0) is 6.42 Å². The summed E-state index contributed by atoms with van der Waals surface area (Å²) in [5, 5.41) is 38.5. The molecule has 168 valence electrons. The van der Waals surface area contributed by atoms with Gasteiger partial charge >= 0.3 is 0 Å². The van der Waals surface area contributed by atoms with Gasteiger partial charge in [0, 0.05) is 6.61 Å². The third-order valence-corrected chi connectivity index (χ3v) is 5.63. The molecule has 0 radical (unpaired) electrons. The predicted octanol–water partition coefficient (Wildman–Crippen LogP) is 3.28. The quantitative estimate of drug-likeness (QED) is 0.278. The van der Waals surface area contributed by atoms with Crippen LogP contribution in [0.25, 0.3) is 0 Å². The van der Waals surface area contributed by atoms with E-state index in [2.05, 4.69) is 6.92 Å². The molecule has 0 amide bonds. The van der Waals surface area contributed by atoms with Crippen LogP contribution < -0.4 is 0 Å². The van der Waals surface area contributed by atoms with Crippen LogP contribution in [0.1, 0.15) is 96.8 Å². The van der Waals surface area contributed by atoms with Crippen molar-refractivity contribution in [2.24, 2.45) is 0 Å². The molecule has 28 heavy (non-hydrogen) atoms. The van der Waals surface area contributed by atoms with Gasteiger partial charge in [-0.3, -0.25) is 0 Å². The maximum absolute atomic E-state index is 9.89. The lowest BCUT2D eigenvalue weighted by Gasteiger charge is -2.39. The van der Waals surface area contributed by atoms with E-state index in [4.69, 9.17) is 14.6 Å². The molecule has 1 saturated heterocycles. The van der Waals surface area contributed by atoms with Gasteiger partial charge in [0.1, 0.15) is 24.4 Å². The lowest BCUT2D eigenvalue weighted by molar-refractivity contribution is -0.301. The highest BCUT2D eigenvalue weighted by atomic mass is 16.7. The van der Waals surface area contributed by atoms with Gasteiger partial charge in [0.05, 0.1) is 6.61 Å². The highest BCUT2D eigenvalue weighted by Crippen LogP contribution is 2.22. The zero-order valence-electron chi connectivity index (χ0n) is 17.8. The van der Waals surface area contributed by atoms with Gasteiger partial charge in [0.2, 0.25) is 0 Å². The van der Waals surface area contributed by atoms with Crippen molar-refractivity contribution < 1.29 is 29.9 Å². The maximum Gasteiger partial charge on any atom is 0.186 e. The molecule has 0 aromatic carbocycles. The summed E-state index contributed by atoms with van der Waals surface area (Å²) < 4.78 is 10.8. The summed E-state index contributed by atoms with van der Waals surface area (Å²) in [4.78, 5) is 0. The summed E-state index contributed by atoms with van der Waals surface area (Å²) in [7, 11) is 0. The Hall–Kier alpha value is -0.240. The van der Waals surface area contributed by atoms with Crippen molar-refractivity contribution in [2.45, 2.75) is 128 Å².